The summed E-state index contributed by atoms with van der Waals surface area (Å²) in [6.45, 7) is 0. The van der Waals surface area contributed by atoms with Crippen LogP contribution in [0.3, 0.4) is 0 Å². The quantitative estimate of drug-likeness (QED) is 0.480. The summed E-state index contributed by atoms with van der Waals surface area (Å²) < 4.78 is 0. The van der Waals surface area contributed by atoms with E-state index in [-0.39, 0.29) is 0 Å². The van der Waals surface area contributed by atoms with Crippen molar-refractivity contribution >= 4 is 51.7 Å². The van der Waals surface area contributed by atoms with Crippen molar-refractivity contribution in [2.45, 2.75) is 0 Å². The molecule has 0 fully saturated rings. The molecular weight excluding hydrogens is 355 g/mol. The zero-order valence-corrected chi connectivity index (χ0v) is 14.9. The maximum absolute atomic E-state index is 6.21. The molecule has 0 saturated carbocycles. The van der Waals surface area contributed by atoms with Crippen molar-refractivity contribution in [3.8, 4) is 0 Å². The van der Waals surface area contributed by atoms with Gasteiger partial charge in [0.2, 0.25) is 0 Å². The molecule has 0 amide bonds. The van der Waals surface area contributed by atoms with E-state index in [4.69, 9.17) is 28.2 Å². The van der Waals surface area contributed by atoms with Crippen LogP contribution in [0.25, 0.3) is 0 Å². The van der Waals surface area contributed by atoms with E-state index in [1.54, 1.807) is 18.3 Å². The minimum Gasteiger partial charge on any atom is -0.386 e. The monoisotopic (exact) mass is 368 g/mol. The number of pyridine rings is 1. The molecule has 0 spiro atoms. The lowest BCUT2D eigenvalue weighted by atomic mass is 10.0. The lowest BCUT2D eigenvalue weighted by Gasteiger charge is -2.12. The molecule has 1 aliphatic heterocycles. The second-order valence-electron chi connectivity index (χ2n) is 5.56. The molecule has 124 valence electrons. The van der Waals surface area contributed by atoms with Crippen molar-refractivity contribution in [1.29, 1.82) is 0 Å². The van der Waals surface area contributed by atoms with Crippen LogP contribution >= 0.6 is 23.2 Å². The SMILES string of the molecule is CNc1cccnc1C1=Nc2cc(Cl)c(Cl)cc2Nc2ccccc21. The van der Waals surface area contributed by atoms with Crippen molar-refractivity contribution in [2.24, 2.45) is 4.99 Å². The van der Waals surface area contributed by atoms with E-state index >= 15 is 0 Å². The van der Waals surface area contributed by atoms with E-state index in [1.807, 2.05) is 43.4 Å². The summed E-state index contributed by atoms with van der Waals surface area (Å²) in [7, 11) is 1.87. The predicted octanol–water partition coefficient (Wildman–Crippen LogP) is 5.66. The van der Waals surface area contributed by atoms with Gasteiger partial charge < -0.3 is 10.6 Å². The number of benzene rings is 2. The molecule has 1 aliphatic rings. The number of aliphatic imine (C=N–C) groups is 1. The molecule has 2 aromatic carbocycles. The number of para-hydroxylation sites is 1. The summed E-state index contributed by atoms with van der Waals surface area (Å²) in [5, 5.41) is 7.53. The largest absolute Gasteiger partial charge is 0.386 e. The highest BCUT2D eigenvalue weighted by atomic mass is 35.5. The minimum absolute atomic E-state index is 0.464. The molecule has 6 heteroatoms. The standard InChI is InChI=1S/C19H14Cl2N4/c1-22-15-7-4-8-23-19(15)18-11-5-2-3-6-14(11)24-16-9-12(20)13(21)10-17(16)25-18/h2-10,22,24H,1H3. The first-order valence-electron chi connectivity index (χ1n) is 7.74. The Kier molecular flexibility index (Phi) is 4.07. The van der Waals surface area contributed by atoms with Crippen molar-refractivity contribution < 1.29 is 0 Å². The van der Waals surface area contributed by atoms with Gasteiger partial charge in [0, 0.05) is 24.5 Å². The fraction of sp³-hybridized carbons (Fsp3) is 0.0526. The number of hydrogen-bond donors (Lipinski definition) is 2. The van der Waals surface area contributed by atoms with Crippen LogP contribution in [0, 0.1) is 0 Å². The van der Waals surface area contributed by atoms with Crippen LogP contribution in [0.1, 0.15) is 11.3 Å². The highest BCUT2D eigenvalue weighted by Crippen LogP contribution is 2.40. The van der Waals surface area contributed by atoms with Gasteiger partial charge in [0.05, 0.1) is 27.1 Å². The first-order valence-corrected chi connectivity index (χ1v) is 8.50. The molecular formula is C19H14Cl2N4. The Morgan fingerprint density at radius 2 is 1.76 bits per heavy atom. The second kappa shape index (κ2) is 6.39. The molecule has 1 aromatic heterocycles. The van der Waals surface area contributed by atoms with E-state index in [9.17, 15) is 0 Å². The van der Waals surface area contributed by atoms with E-state index < -0.39 is 0 Å². The van der Waals surface area contributed by atoms with Crippen LogP contribution in [0.2, 0.25) is 10.0 Å². The molecule has 2 heterocycles. The van der Waals surface area contributed by atoms with Crippen LogP contribution in [-0.2, 0) is 0 Å². The van der Waals surface area contributed by atoms with Crippen molar-refractivity contribution in [3.63, 3.8) is 0 Å². The number of nitrogens with one attached hydrogen (secondary N) is 2. The summed E-state index contributed by atoms with van der Waals surface area (Å²) in [5.41, 5.74) is 5.86. The first kappa shape index (κ1) is 15.9. The molecule has 0 unspecified atom stereocenters. The number of nitrogens with zero attached hydrogens (tertiary/aromatic N) is 2. The molecule has 4 rings (SSSR count). The van der Waals surface area contributed by atoms with Gasteiger partial charge in [-0.15, -0.1) is 0 Å². The number of halogens is 2. The maximum Gasteiger partial charge on any atom is 0.112 e. The number of fused-ring (bicyclic) bond motifs is 2. The van der Waals surface area contributed by atoms with Crippen molar-refractivity contribution in [2.75, 3.05) is 17.7 Å². The molecule has 0 radical (unpaired) electrons. The van der Waals surface area contributed by atoms with E-state index in [0.717, 1.165) is 34.0 Å². The van der Waals surface area contributed by atoms with Gasteiger partial charge in [0.1, 0.15) is 11.4 Å². The van der Waals surface area contributed by atoms with Crippen LogP contribution in [0.15, 0.2) is 59.7 Å². The molecule has 0 atom stereocenters. The number of hydrogen-bond acceptors (Lipinski definition) is 4. The van der Waals surface area contributed by atoms with E-state index in [0.29, 0.717) is 15.7 Å². The third-order valence-electron chi connectivity index (χ3n) is 4.02. The number of anilines is 3. The third-order valence-corrected chi connectivity index (χ3v) is 4.75. The summed E-state index contributed by atoms with van der Waals surface area (Å²) in [5.74, 6) is 0. The average molecular weight is 369 g/mol. The summed E-state index contributed by atoms with van der Waals surface area (Å²) in [6, 6.07) is 15.4. The van der Waals surface area contributed by atoms with Gasteiger partial charge in [-0.05, 0) is 30.3 Å². The lowest BCUT2D eigenvalue weighted by molar-refractivity contribution is 1.27. The molecule has 2 N–H and O–H groups in total. The molecule has 25 heavy (non-hydrogen) atoms. The fourth-order valence-electron chi connectivity index (χ4n) is 2.83. The van der Waals surface area contributed by atoms with Gasteiger partial charge in [0.25, 0.3) is 0 Å². The van der Waals surface area contributed by atoms with Gasteiger partial charge in [-0.2, -0.15) is 0 Å². The summed E-state index contributed by atoms with van der Waals surface area (Å²) in [6.07, 6.45) is 1.76. The predicted molar refractivity (Wildman–Crippen MR) is 105 cm³/mol. The molecule has 0 saturated heterocycles. The Balaban J connectivity index is 2.02. The Morgan fingerprint density at radius 1 is 0.960 bits per heavy atom. The number of rotatable bonds is 2. The van der Waals surface area contributed by atoms with Crippen LogP contribution in [0.4, 0.5) is 22.7 Å². The molecule has 0 bridgehead atoms. The third kappa shape index (κ3) is 2.84. The molecule has 0 aliphatic carbocycles. The van der Waals surface area contributed by atoms with Gasteiger partial charge in [-0.3, -0.25) is 4.98 Å². The second-order valence-corrected chi connectivity index (χ2v) is 6.38. The summed E-state index contributed by atoms with van der Waals surface area (Å²) >= 11 is 12.4. The van der Waals surface area contributed by atoms with Crippen molar-refractivity contribution in [3.05, 3.63) is 76.0 Å². The van der Waals surface area contributed by atoms with Crippen LogP contribution in [0.5, 0.6) is 0 Å². The fourth-order valence-corrected chi connectivity index (χ4v) is 3.15. The lowest BCUT2D eigenvalue weighted by Crippen LogP contribution is -2.09. The Bertz CT molecular complexity index is 998. The van der Waals surface area contributed by atoms with Crippen LogP contribution < -0.4 is 10.6 Å². The smallest absolute Gasteiger partial charge is 0.112 e. The van der Waals surface area contributed by atoms with Crippen molar-refractivity contribution in [1.82, 2.24) is 4.98 Å². The normalized spacial score (nSPS) is 12.4. The minimum atomic E-state index is 0.464. The van der Waals surface area contributed by atoms with E-state index in [1.165, 1.54) is 0 Å². The molecule has 4 nitrogen and oxygen atoms in total. The van der Waals surface area contributed by atoms with Gasteiger partial charge in [-0.25, -0.2) is 4.99 Å². The van der Waals surface area contributed by atoms with Gasteiger partial charge in [-0.1, -0.05) is 41.4 Å². The highest BCUT2D eigenvalue weighted by molar-refractivity contribution is 6.42. The zero-order valence-electron chi connectivity index (χ0n) is 13.3. The Morgan fingerprint density at radius 3 is 2.60 bits per heavy atom. The summed E-state index contributed by atoms with van der Waals surface area (Å²) in [4.78, 5) is 9.42. The average Bonchev–Trinajstić information content (AvgIpc) is 2.79. The first-order chi connectivity index (χ1) is 12.2. The Hall–Kier alpha value is -2.56. The topological polar surface area (TPSA) is 49.3 Å². The molecule has 3 aromatic rings. The van der Waals surface area contributed by atoms with Gasteiger partial charge in [0.15, 0.2) is 0 Å². The van der Waals surface area contributed by atoms with E-state index in [2.05, 4.69) is 15.6 Å². The maximum atomic E-state index is 6.21. The van der Waals surface area contributed by atoms with Crippen LogP contribution in [-0.4, -0.2) is 17.7 Å². The zero-order chi connectivity index (χ0) is 17.4. The highest BCUT2D eigenvalue weighted by Gasteiger charge is 2.21. The van der Waals surface area contributed by atoms with Gasteiger partial charge >= 0.3 is 0 Å². The Labute approximate surface area is 155 Å². The number of aromatic nitrogens is 1.